The summed E-state index contributed by atoms with van der Waals surface area (Å²) in [7, 11) is 1.14. The van der Waals surface area contributed by atoms with E-state index in [9.17, 15) is 20.1 Å². The van der Waals surface area contributed by atoms with E-state index in [1.807, 2.05) is 0 Å². The molecule has 3 N–H and O–H groups in total. The van der Waals surface area contributed by atoms with Gasteiger partial charge in [-0.25, -0.2) is 4.79 Å². The Bertz CT molecular complexity index is 608. The molecule has 2 unspecified atom stereocenters. The van der Waals surface area contributed by atoms with Crippen LogP contribution in [0.25, 0.3) is 10.8 Å². The molecule has 2 aromatic carbocycles. The molecule has 2 atom stereocenters. The molecule has 19 heavy (non-hydrogen) atoms. The number of esters is 1. The van der Waals surface area contributed by atoms with Crippen molar-refractivity contribution in [3.63, 3.8) is 0 Å². The molecule has 0 spiro atoms. The molecule has 0 saturated heterocycles. The molecule has 5 heteroatoms. The average molecular weight is 262 g/mol. The van der Waals surface area contributed by atoms with E-state index in [4.69, 9.17) is 0 Å². The van der Waals surface area contributed by atoms with Crippen molar-refractivity contribution in [3.05, 3.63) is 42.0 Å². The summed E-state index contributed by atoms with van der Waals surface area (Å²) in [4.78, 5) is 11.2. The highest BCUT2D eigenvalue weighted by molar-refractivity contribution is 5.85. The van der Waals surface area contributed by atoms with Gasteiger partial charge in [-0.1, -0.05) is 18.2 Å². The minimum absolute atomic E-state index is 0.149. The molecule has 0 aliphatic heterocycles. The molecule has 0 saturated carbocycles. The van der Waals surface area contributed by atoms with Gasteiger partial charge in [0.25, 0.3) is 0 Å². The lowest BCUT2D eigenvalue weighted by Gasteiger charge is -2.16. The number of fused-ring (bicyclic) bond motifs is 1. The van der Waals surface area contributed by atoms with Crippen molar-refractivity contribution >= 4 is 16.7 Å². The Morgan fingerprint density at radius 3 is 2.42 bits per heavy atom. The van der Waals surface area contributed by atoms with Gasteiger partial charge >= 0.3 is 5.97 Å². The first kappa shape index (κ1) is 13.3. The smallest absolute Gasteiger partial charge is 0.337 e. The van der Waals surface area contributed by atoms with E-state index < -0.39 is 18.2 Å². The summed E-state index contributed by atoms with van der Waals surface area (Å²) in [5.74, 6) is -0.742. The van der Waals surface area contributed by atoms with E-state index in [-0.39, 0.29) is 5.75 Å². The molecule has 2 aromatic rings. The first-order valence-corrected chi connectivity index (χ1v) is 5.69. The van der Waals surface area contributed by atoms with Crippen molar-refractivity contribution in [2.24, 2.45) is 0 Å². The number of carbonyl (C=O) groups excluding carboxylic acids is 1. The molecular formula is C14H14O5. The number of carbonyl (C=O) groups is 1. The highest BCUT2D eigenvalue weighted by Gasteiger charge is 2.26. The van der Waals surface area contributed by atoms with E-state index in [0.717, 1.165) is 17.9 Å². The second-order valence-corrected chi connectivity index (χ2v) is 4.20. The molecule has 0 radical (unpaired) electrons. The van der Waals surface area contributed by atoms with Crippen molar-refractivity contribution in [2.75, 3.05) is 7.11 Å². The lowest BCUT2D eigenvalue weighted by atomic mass is 10.0. The maximum absolute atomic E-state index is 11.2. The van der Waals surface area contributed by atoms with Gasteiger partial charge in [0.1, 0.15) is 11.9 Å². The summed E-state index contributed by atoms with van der Waals surface area (Å²) in [6, 6.07) is 9.71. The summed E-state index contributed by atoms with van der Waals surface area (Å²) in [5, 5.41) is 30.4. The van der Waals surface area contributed by atoms with Crippen LogP contribution in [0.15, 0.2) is 36.4 Å². The summed E-state index contributed by atoms with van der Waals surface area (Å²) in [6.07, 6.45) is -2.98. The fourth-order valence-electron chi connectivity index (χ4n) is 1.87. The number of phenols is 1. The van der Waals surface area contributed by atoms with Crippen LogP contribution in [0.3, 0.4) is 0 Å². The summed E-state index contributed by atoms with van der Waals surface area (Å²) < 4.78 is 4.38. The van der Waals surface area contributed by atoms with Gasteiger partial charge < -0.3 is 20.1 Å². The first-order valence-electron chi connectivity index (χ1n) is 5.69. The Labute approximate surface area is 109 Å². The Morgan fingerprint density at radius 2 is 1.74 bits per heavy atom. The van der Waals surface area contributed by atoms with Gasteiger partial charge in [0.15, 0.2) is 6.10 Å². The maximum Gasteiger partial charge on any atom is 0.337 e. The number of ether oxygens (including phenoxy) is 1. The fraction of sp³-hybridized carbons (Fsp3) is 0.214. The van der Waals surface area contributed by atoms with Crippen molar-refractivity contribution in [3.8, 4) is 5.75 Å². The van der Waals surface area contributed by atoms with Crippen LogP contribution in [0, 0.1) is 0 Å². The lowest BCUT2D eigenvalue weighted by Crippen LogP contribution is -2.28. The SMILES string of the molecule is COC(=O)C(O)C(O)c1ccc2cc(O)ccc2c1. The Kier molecular flexibility index (Phi) is 3.69. The van der Waals surface area contributed by atoms with Gasteiger partial charge in [-0.05, 0) is 34.5 Å². The van der Waals surface area contributed by atoms with E-state index in [0.29, 0.717) is 5.56 Å². The summed E-state index contributed by atoms with van der Waals surface area (Å²) in [5.41, 5.74) is 0.399. The molecule has 100 valence electrons. The number of rotatable bonds is 3. The number of hydrogen-bond donors (Lipinski definition) is 3. The number of aliphatic hydroxyl groups is 2. The monoisotopic (exact) mass is 262 g/mol. The molecule has 0 bridgehead atoms. The van der Waals surface area contributed by atoms with Crippen molar-refractivity contribution in [1.82, 2.24) is 0 Å². The third-order valence-electron chi connectivity index (χ3n) is 2.93. The van der Waals surface area contributed by atoms with Gasteiger partial charge in [0, 0.05) is 0 Å². The molecule has 0 aliphatic carbocycles. The number of methoxy groups -OCH3 is 1. The van der Waals surface area contributed by atoms with Crippen LogP contribution < -0.4 is 0 Å². The van der Waals surface area contributed by atoms with Crippen LogP contribution in [0.1, 0.15) is 11.7 Å². The van der Waals surface area contributed by atoms with Crippen LogP contribution in [-0.2, 0) is 9.53 Å². The van der Waals surface area contributed by atoms with Crippen LogP contribution >= 0.6 is 0 Å². The number of phenolic OH excluding ortho intramolecular Hbond substituents is 1. The minimum Gasteiger partial charge on any atom is -0.508 e. The average Bonchev–Trinajstić information content (AvgIpc) is 2.44. The topological polar surface area (TPSA) is 87.0 Å². The molecule has 0 aliphatic rings. The largest absolute Gasteiger partial charge is 0.508 e. The first-order chi connectivity index (χ1) is 9.02. The zero-order valence-corrected chi connectivity index (χ0v) is 10.3. The highest BCUT2D eigenvalue weighted by Crippen LogP contribution is 2.25. The van der Waals surface area contributed by atoms with Crippen LogP contribution in [0.2, 0.25) is 0 Å². The molecule has 0 aromatic heterocycles. The molecule has 2 rings (SSSR count). The number of benzene rings is 2. The van der Waals surface area contributed by atoms with Crippen LogP contribution in [-0.4, -0.2) is 34.5 Å². The highest BCUT2D eigenvalue weighted by atomic mass is 16.5. The van der Waals surface area contributed by atoms with Crippen LogP contribution in [0.4, 0.5) is 0 Å². The van der Waals surface area contributed by atoms with Crippen molar-refractivity contribution in [2.45, 2.75) is 12.2 Å². The Balaban J connectivity index is 2.35. The van der Waals surface area contributed by atoms with E-state index >= 15 is 0 Å². The predicted octanol–water partition coefficient (Wildman–Crippen LogP) is 1.11. The normalized spacial score (nSPS) is 14.1. The Morgan fingerprint density at radius 1 is 1.11 bits per heavy atom. The van der Waals surface area contributed by atoms with Gasteiger partial charge in [-0.2, -0.15) is 0 Å². The van der Waals surface area contributed by atoms with Gasteiger partial charge in [-0.3, -0.25) is 0 Å². The van der Waals surface area contributed by atoms with Crippen molar-refractivity contribution in [1.29, 1.82) is 0 Å². The lowest BCUT2D eigenvalue weighted by molar-refractivity contribution is -0.156. The third kappa shape index (κ3) is 2.67. The van der Waals surface area contributed by atoms with Gasteiger partial charge in [0.05, 0.1) is 7.11 Å². The van der Waals surface area contributed by atoms with Gasteiger partial charge in [0.2, 0.25) is 0 Å². The molecule has 0 amide bonds. The Hall–Kier alpha value is -2.11. The second-order valence-electron chi connectivity index (χ2n) is 4.20. The minimum atomic E-state index is -1.63. The number of aliphatic hydroxyl groups excluding tert-OH is 2. The van der Waals surface area contributed by atoms with E-state index in [2.05, 4.69) is 4.74 Å². The van der Waals surface area contributed by atoms with Crippen LogP contribution in [0.5, 0.6) is 5.75 Å². The summed E-state index contributed by atoms with van der Waals surface area (Å²) >= 11 is 0. The zero-order chi connectivity index (χ0) is 14.0. The standard InChI is InChI=1S/C14H14O5/c1-19-14(18)13(17)12(16)10-3-2-9-7-11(15)5-4-8(9)6-10/h2-7,12-13,15-17H,1H3. The summed E-state index contributed by atoms with van der Waals surface area (Å²) in [6.45, 7) is 0. The van der Waals surface area contributed by atoms with E-state index in [1.54, 1.807) is 30.3 Å². The quantitative estimate of drug-likeness (QED) is 0.721. The third-order valence-corrected chi connectivity index (χ3v) is 2.93. The second kappa shape index (κ2) is 5.26. The van der Waals surface area contributed by atoms with Gasteiger partial charge in [-0.15, -0.1) is 0 Å². The number of aromatic hydroxyl groups is 1. The fourth-order valence-corrected chi connectivity index (χ4v) is 1.87. The predicted molar refractivity (Wildman–Crippen MR) is 68.6 cm³/mol. The van der Waals surface area contributed by atoms with E-state index in [1.165, 1.54) is 6.07 Å². The molecular weight excluding hydrogens is 248 g/mol. The number of hydrogen-bond acceptors (Lipinski definition) is 5. The zero-order valence-electron chi connectivity index (χ0n) is 10.3. The maximum atomic E-state index is 11.2. The molecule has 0 fully saturated rings. The molecule has 0 heterocycles. The van der Waals surface area contributed by atoms with Crippen molar-refractivity contribution < 1.29 is 24.9 Å². The molecule has 5 nitrogen and oxygen atoms in total.